The van der Waals surface area contributed by atoms with E-state index in [1.807, 2.05) is 25.3 Å². The Balaban J connectivity index is 1.07. The molecule has 1 saturated carbocycles. The fourth-order valence-electron chi connectivity index (χ4n) is 5.94. The van der Waals surface area contributed by atoms with Crippen molar-refractivity contribution in [2.24, 2.45) is 0 Å². The van der Waals surface area contributed by atoms with Gasteiger partial charge in [-0.2, -0.15) is 0 Å². The number of hydrogen-bond acceptors (Lipinski definition) is 6. The van der Waals surface area contributed by atoms with Crippen LogP contribution in [-0.4, -0.2) is 65.6 Å². The van der Waals surface area contributed by atoms with Gasteiger partial charge in [-0.25, -0.2) is 14.2 Å². The summed E-state index contributed by atoms with van der Waals surface area (Å²) in [5.41, 5.74) is 5.66. The van der Waals surface area contributed by atoms with E-state index in [9.17, 15) is 9.59 Å². The van der Waals surface area contributed by atoms with Crippen molar-refractivity contribution in [3.05, 3.63) is 52.7 Å². The largest absolute Gasteiger partial charge is 0.368 e. The van der Waals surface area contributed by atoms with E-state index in [-0.39, 0.29) is 23.4 Å². The zero-order chi connectivity index (χ0) is 26.0. The van der Waals surface area contributed by atoms with Gasteiger partial charge in [-0.15, -0.1) is 0 Å². The maximum atomic E-state index is 15.8. The van der Waals surface area contributed by atoms with Crippen LogP contribution in [0.1, 0.15) is 46.6 Å². The van der Waals surface area contributed by atoms with Crippen LogP contribution in [0.25, 0.3) is 10.9 Å². The van der Waals surface area contributed by atoms with Crippen LogP contribution in [0.15, 0.2) is 24.4 Å². The first-order valence-corrected chi connectivity index (χ1v) is 13.4. The number of carbonyl (C=O) groups excluding carboxylic acids is 2. The lowest BCUT2D eigenvalue weighted by molar-refractivity contribution is 0.0946. The first-order valence-electron chi connectivity index (χ1n) is 13.4. The van der Waals surface area contributed by atoms with Crippen molar-refractivity contribution >= 4 is 39.9 Å². The van der Waals surface area contributed by atoms with Gasteiger partial charge in [0, 0.05) is 57.1 Å². The predicted molar refractivity (Wildman–Crippen MR) is 143 cm³/mol. The molecule has 3 aliphatic heterocycles. The van der Waals surface area contributed by atoms with Crippen molar-refractivity contribution in [1.29, 1.82) is 0 Å². The van der Waals surface area contributed by atoms with Crippen LogP contribution in [-0.2, 0) is 13.0 Å². The van der Waals surface area contributed by atoms with Crippen molar-refractivity contribution in [1.82, 2.24) is 20.2 Å². The van der Waals surface area contributed by atoms with Crippen molar-refractivity contribution in [2.45, 2.75) is 45.2 Å². The molecule has 2 fully saturated rings. The number of halogens is 1. The molecular weight excluding hydrogens is 485 g/mol. The number of nitrogens with zero attached hydrogens (tertiary/aromatic N) is 5. The number of anilines is 3. The average molecular weight is 516 g/mol. The van der Waals surface area contributed by atoms with Crippen LogP contribution >= 0.6 is 0 Å². The number of aryl methyl sites for hydroxylation is 2. The number of aromatic nitrogens is 2. The maximum absolute atomic E-state index is 15.8. The Kier molecular flexibility index (Phi) is 5.47. The molecule has 9 nitrogen and oxygen atoms in total. The molecule has 0 radical (unpaired) electrons. The first-order chi connectivity index (χ1) is 18.5. The Morgan fingerprint density at radius 1 is 1.18 bits per heavy atom. The Bertz CT molecular complexity index is 1480. The second-order valence-corrected chi connectivity index (χ2v) is 10.7. The Morgan fingerprint density at radius 2 is 2.00 bits per heavy atom. The molecule has 4 aliphatic rings. The van der Waals surface area contributed by atoms with E-state index >= 15 is 4.39 Å². The molecule has 0 unspecified atom stereocenters. The zero-order valence-corrected chi connectivity index (χ0v) is 21.4. The van der Waals surface area contributed by atoms with E-state index in [0.29, 0.717) is 41.3 Å². The molecule has 1 aliphatic carbocycles. The van der Waals surface area contributed by atoms with Gasteiger partial charge in [-0.05, 0) is 56.4 Å². The van der Waals surface area contributed by atoms with Gasteiger partial charge in [0.25, 0.3) is 5.91 Å². The number of amides is 3. The molecule has 2 N–H and O–H groups in total. The highest BCUT2D eigenvalue weighted by atomic mass is 19.1. The van der Waals surface area contributed by atoms with Crippen LogP contribution in [0.4, 0.5) is 26.2 Å². The first kappa shape index (κ1) is 23.3. The summed E-state index contributed by atoms with van der Waals surface area (Å²) < 4.78 is 15.8. The fourth-order valence-corrected chi connectivity index (χ4v) is 5.94. The molecule has 3 aromatic rings. The molecule has 0 spiro atoms. The number of carbonyl (C=O) groups is 2. The van der Waals surface area contributed by atoms with Gasteiger partial charge in [0.2, 0.25) is 0 Å². The van der Waals surface area contributed by atoms with Gasteiger partial charge in [0.05, 0.1) is 33.7 Å². The molecule has 38 heavy (non-hydrogen) atoms. The topological polar surface area (TPSA) is 93.7 Å². The van der Waals surface area contributed by atoms with E-state index in [4.69, 9.17) is 0 Å². The number of hydrogen-bond donors (Lipinski definition) is 2. The molecule has 10 heteroatoms. The minimum atomic E-state index is -0.367. The fraction of sp³-hybridized carbons (Fsp3) is 0.429. The van der Waals surface area contributed by atoms with Gasteiger partial charge >= 0.3 is 6.03 Å². The third kappa shape index (κ3) is 3.94. The van der Waals surface area contributed by atoms with Gasteiger partial charge in [-0.3, -0.25) is 19.6 Å². The van der Waals surface area contributed by atoms with Crippen LogP contribution < -0.4 is 20.4 Å². The smallest absolute Gasteiger partial charge is 0.326 e. The minimum Gasteiger partial charge on any atom is -0.368 e. The second kappa shape index (κ2) is 8.90. The molecule has 1 saturated heterocycles. The minimum absolute atomic E-state index is 0.109. The number of urea groups is 1. The molecule has 0 atom stereocenters. The van der Waals surface area contributed by atoms with Gasteiger partial charge in [0.1, 0.15) is 5.69 Å². The molecule has 2 aromatic heterocycles. The SMILES string of the molecule is Cc1nc(C(=O)NC2CC2)ccc1N1CCN(Cc2cc3ncc4c5c3c(c2F)NC(=O)N5CCC4)CC1. The molecule has 196 valence electrons. The summed E-state index contributed by atoms with van der Waals surface area (Å²) in [4.78, 5) is 40.5. The molecule has 1 aromatic carbocycles. The van der Waals surface area contributed by atoms with Crippen LogP contribution in [0.3, 0.4) is 0 Å². The van der Waals surface area contributed by atoms with Crippen molar-refractivity contribution in [3.8, 4) is 0 Å². The van der Waals surface area contributed by atoms with E-state index < -0.39 is 0 Å². The highest BCUT2D eigenvalue weighted by Crippen LogP contribution is 2.43. The number of nitrogens with one attached hydrogen (secondary N) is 2. The van der Waals surface area contributed by atoms with Crippen molar-refractivity contribution in [2.75, 3.05) is 47.8 Å². The lowest BCUT2D eigenvalue weighted by atomic mass is 9.96. The van der Waals surface area contributed by atoms with Gasteiger partial charge < -0.3 is 15.5 Å². The average Bonchev–Trinajstić information content (AvgIpc) is 3.74. The summed E-state index contributed by atoms with van der Waals surface area (Å²) in [6, 6.07) is 5.64. The number of piperazine rings is 1. The van der Waals surface area contributed by atoms with Crippen LogP contribution in [0.2, 0.25) is 0 Å². The Morgan fingerprint density at radius 3 is 2.76 bits per heavy atom. The summed E-state index contributed by atoms with van der Waals surface area (Å²) >= 11 is 0. The van der Waals surface area contributed by atoms with Gasteiger partial charge in [-0.1, -0.05) is 0 Å². The third-order valence-electron chi connectivity index (χ3n) is 8.10. The predicted octanol–water partition coefficient (Wildman–Crippen LogP) is 3.59. The summed E-state index contributed by atoms with van der Waals surface area (Å²) in [6.07, 6.45) is 5.65. The van der Waals surface area contributed by atoms with E-state index in [0.717, 1.165) is 74.5 Å². The lowest BCUT2D eigenvalue weighted by Gasteiger charge is -2.37. The van der Waals surface area contributed by atoms with E-state index in [2.05, 4.69) is 30.4 Å². The highest BCUT2D eigenvalue weighted by Gasteiger charge is 2.34. The standard InChI is InChI=1S/C28H30FN7O2/c1-16-22(7-6-20(31-16)27(37)32-19-4-5-19)35-11-9-34(10-12-35)15-18-13-21-23-25(24(18)29)33-28(38)36-8-2-3-17(14-30-21)26(23)36/h6-7,13-14,19H,2-5,8-12,15H2,1H3,(H,32,37)(H,33,38). The molecule has 0 bridgehead atoms. The molecule has 7 rings (SSSR count). The summed E-state index contributed by atoms with van der Waals surface area (Å²) in [6.45, 7) is 6.08. The molecule has 5 heterocycles. The number of pyridine rings is 2. The zero-order valence-electron chi connectivity index (χ0n) is 21.4. The van der Waals surface area contributed by atoms with E-state index in [1.165, 1.54) is 0 Å². The Hall–Kier alpha value is -3.79. The van der Waals surface area contributed by atoms with Crippen LogP contribution in [0, 0.1) is 12.7 Å². The normalized spacial score (nSPS) is 19.1. The number of benzene rings is 1. The quantitative estimate of drug-likeness (QED) is 0.540. The molecular formula is C28H30FN7O2. The molecule has 3 amide bonds. The summed E-state index contributed by atoms with van der Waals surface area (Å²) in [7, 11) is 0. The monoisotopic (exact) mass is 515 g/mol. The maximum Gasteiger partial charge on any atom is 0.326 e. The van der Waals surface area contributed by atoms with Gasteiger partial charge in [0.15, 0.2) is 5.82 Å². The third-order valence-corrected chi connectivity index (χ3v) is 8.10. The van der Waals surface area contributed by atoms with Crippen molar-refractivity contribution in [3.63, 3.8) is 0 Å². The number of rotatable bonds is 5. The highest BCUT2D eigenvalue weighted by molar-refractivity contribution is 6.19. The summed E-state index contributed by atoms with van der Waals surface area (Å²) in [5.74, 6) is -0.476. The van der Waals surface area contributed by atoms with Crippen LogP contribution in [0.5, 0.6) is 0 Å². The second-order valence-electron chi connectivity index (χ2n) is 10.7. The lowest BCUT2D eigenvalue weighted by Crippen LogP contribution is -2.46. The van der Waals surface area contributed by atoms with E-state index in [1.54, 1.807) is 11.0 Å². The summed E-state index contributed by atoms with van der Waals surface area (Å²) in [5, 5.41) is 6.50. The Labute approximate surface area is 220 Å². The van der Waals surface area contributed by atoms with Crippen molar-refractivity contribution < 1.29 is 14.0 Å².